The lowest BCUT2D eigenvalue weighted by Gasteiger charge is -2.12. The summed E-state index contributed by atoms with van der Waals surface area (Å²) in [6.07, 6.45) is 5.40. The molecule has 0 N–H and O–H groups in total. The minimum absolute atomic E-state index is 0.213. The van der Waals surface area contributed by atoms with Gasteiger partial charge in [-0.3, -0.25) is 14.5 Å². The third-order valence-electron chi connectivity index (χ3n) is 6.61. The third-order valence-corrected chi connectivity index (χ3v) is 7.52. The number of hydrogen-bond acceptors (Lipinski definition) is 6. The number of aromatic nitrogens is 1. The van der Waals surface area contributed by atoms with Crippen molar-refractivity contribution in [1.82, 2.24) is 9.47 Å². The maximum absolute atomic E-state index is 13.1. The lowest BCUT2D eigenvalue weighted by molar-refractivity contribution is -0.122. The van der Waals surface area contributed by atoms with Gasteiger partial charge in [-0.1, -0.05) is 48.5 Å². The van der Waals surface area contributed by atoms with Crippen LogP contribution in [-0.2, 0) is 17.8 Å². The number of hydrogen-bond donors (Lipinski definition) is 0. The molecule has 7 nitrogen and oxygen atoms in total. The second-order valence-corrected chi connectivity index (χ2v) is 10.1. The predicted molar refractivity (Wildman–Crippen MR) is 147 cm³/mol. The smallest absolute Gasteiger partial charge is 0.293 e. The van der Waals surface area contributed by atoms with Crippen LogP contribution in [0.4, 0.5) is 4.79 Å². The molecule has 0 aliphatic carbocycles. The molecule has 0 bridgehead atoms. The second kappa shape index (κ2) is 10.7. The first-order valence-corrected chi connectivity index (χ1v) is 13.4. The van der Waals surface area contributed by atoms with Crippen molar-refractivity contribution in [3.05, 3.63) is 95.0 Å². The molecule has 0 saturated carbocycles. The van der Waals surface area contributed by atoms with Crippen LogP contribution >= 0.6 is 11.8 Å². The van der Waals surface area contributed by atoms with Gasteiger partial charge in [-0.25, -0.2) is 0 Å². The Bertz CT molecular complexity index is 1530. The van der Waals surface area contributed by atoms with E-state index in [1.807, 2.05) is 72.9 Å². The lowest BCUT2D eigenvalue weighted by Crippen LogP contribution is -2.29. The monoisotopic (exact) mass is 526 g/mol. The minimum Gasteiger partial charge on any atom is -0.492 e. The number of fused-ring (bicyclic) bond motifs is 2. The highest BCUT2D eigenvalue weighted by Crippen LogP contribution is 2.36. The number of aryl methyl sites for hydroxylation is 1. The second-order valence-electron chi connectivity index (χ2n) is 9.08. The van der Waals surface area contributed by atoms with Gasteiger partial charge in [0, 0.05) is 35.3 Å². The number of rotatable bonds is 9. The molecule has 3 heterocycles. The Hall–Kier alpha value is -4.17. The summed E-state index contributed by atoms with van der Waals surface area (Å²) in [5.41, 5.74) is 3.14. The molecule has 0 atom stereocenters. The average molecular weight is 527 g/mol. The van der Waals surface area contributed by atoms with Gasteiger partial charge in [0.05, 0.1) is 11.4 Å². The summed E-state index contributed by atoms with van der Waals surface area (Å²) in [7, 11) is 0. The Morgan fingerprint density at radius 3 is 2.63 bits per heavy atom. The van der Waals surface area contributed by atoms with Crippen LogP contribution in [0.1, 0.15) is 17.5 Å². The molecule has 6 rings (SSSR count). The van der Waals surface area contributed by atoms with Crippen molar-refractivity contribution in [1.29, 1.82) is 0 Å². The first kappa shape index (κ1) is 24.2. The Kier molecular flexibility index (Phi) is 6.79. The number of imide groups is 1. The van der Waals surface area contributed by atoms with Crippen molar-refractivity contribution < 1.29 is 23.8 Å². The van der Waals surface area contributed by atoms with Crippen LogP contribution in [0.25, 0.3) is 17.0 Å². The SMILES string of the molecule is O=C1S/C(=C\c2cn(CCOc3ccc4c(c3)OCO4)c3ccccc23)C(=O)N1CCCc1ccccc1. The first-order chi connectivity index (χ1) is 18.7. The highest BCUT2D eigenvalue weighted by atomic mass is 32.2. The van der Waals surface area contributed by atoms with Gasteiger partial charge in [-0.15, -0.1) is 0 Å². The summed E-state index contributed by atoms with van der Waals surface area (Å²) in [4.78, 5) is 27.5. The summed E-state index contributed by atoms with van der Waals surface area (Å²) in [6.45, 7) is 1.71. The van der Waals surface area contributed by atoms with E-state index in [0.717, 1.165) is 46.8 Å². The van der Waals surface area contributed by atoms with Crippen LogP contribution in [0.15, 0.2) is 83.9 Å². The maximum atomic E-state index is 13.1. The summed E-state index contributed by atoms with van der Waals surface area (Å²) >= 11 is 1.01. The molecule has 4 aromatic rings. The predicted octanol–water partition coefficient (Wildman–Crippen LogP) is 6.12. The van der Waals surface area contributed by atoms with E-state index >= 15 is 0 Å². The fourth-order valence-corrected chi connectivity index (χ4v) is 5.58. The van der Waals surface area contributed by atoms with Crippen molar-refractivity contribution in [3.63, 3.8) is 0 Å². The molecule has 0 unspecified atom stereocenters. The van der Waals surface area contributed by atoms with Gasteiger partial charge in [0.25, 0.3) is 11.1 Å². The molecule has 3 aromatic carbocycles. The largest absolute Gasteiger partial charge is 0.492 e. The van der Waals surface area contributed by atoms with Crippen molar-refractivity contribution >= 4 is 39.9 Å². The van der Waals surface area contributed by atoms with E-state index in [4.69, 9.17) is 14.2 Å². The molecule has 8 heteroatoms. The van der Waals surface area contributed by atoms with Crippen molar-refractivity contribution in [2.45, 2.75) is 19.4 Å². The van der Waals surface area contributed by atoms with Gasteiger partial charge in [-0.05, 0) is 54.4 Å². The van der Waals surface area contributed by atoms with E-state index in [2.05, 4.69) is 16.7 Å². The van der Waals surface area contributed by atoms with Gasteiger partial charge >= 0.3 is 0 Å². The molecule has 1 fully saturated rings. The molecule has 192 valence electrons. The van der Waals surface area contributed by atoms with Crippen LogP contribution in [0.5, 0.6) is 17.2 Å². The molecule has 1 aromatic heterocycles. The van der Waals surface area contributed by atoms with E-state index in [-0.39, 0.29) is 17.9 Å². The summed E-state index contributed by atoms with van der Waals surface area (Å²) < 4.78 is 18.8. The van der Waals surface area contributed by atoms with Crippen LogP contribution in [0.3, 0.4) is 0 Å². The zero-order valence-electron chi connectivity index (χ0n) is 20.7. The number of para-hydroxylation sites is 1. The van der Waals surface area contributed by atoms with Gasteiger partial charge < -0.3 is 18.8 Å². The zero-order chi connectivity index (χ0) is 25.9. The van der Waals surface area contributed by atoms with Crippen LogP contribution in [0.2, 0.25) is 0 Å². The van der Waals surface area contributed by atoms with Crippen molar-refractivity contribution in [3.8, 4) is 17.2 Å². The molecular formula is C30H26N2O5S. The number of ether oxygens (including phenoxy) is 3. The Balaban J connectivity index is 1.14. The normalized spacial score (nSPS) is 15.7. The van der Waals surface area contributed by atoms with E-state index < -0.39 is 0 Å². The number of amides is 2. The maximum Gasteiger partial charge on any atom is 0.293 e. The van der Waals surface area contributed by atoms with Crippen molar-refractivity contribution in [2.24, 2.45) is 0 Å². The molecule has 1 saturated heterocycles. The fourth-order valence-electron chi connectivity index (χ4n) is 4.72. The summed E-state index contributed by atoms with van der Waals surface area (Å²) in [5.74, 6) is 1.90. The number of benzene rings is 3. The van der Waals surface area contributed by atoms with E-state index in [1.54, 1.807) is 0 Å². The first-order valence-electron chi connectivity index (χ1n) is 12.6. The van der Waals surface area contributed by atoms with Crippen LogP contribution < -0.4 is 14.2 Å². The zero-order valence-corrected chi connectivity index (χ0v) is 21.5. The number of carbonyl (C=O) groups excluding carboxylic acids is 2. The fraction of sp³-hybridized carbons (Fsp3) is 0.200. The van der Waals surface area contributed by atoms with Crippen molar-refractivity contribution in [2.75, 3.05) is 19.9 Å². The average Bonchev–Trinajstić information content (AvgIpc) is 3.62. The van der Waals surface area contributed by atoms with Gasteiger partial charge in [0.15, 0.2) is 11.5 Å². The molecule has 2 aliphatic heterocycles. The third kappa shape index (κ3) is 4.99. The summed E-state index contributed by atoms with van der Waals surface area (Å²) in [5, 5.41) is 0.807. The molecular weight excluding hydrogens is 500 g/mol. The molecule has 0 spiro atoms. The topological polar surface area (TPSA) is 70.0 Å². The Morgan fingerprint density at radius 1 is 0.921 bits per heavy atom. The highest BCUT2D eigenvalue weighted by molar-refractivity contribution is 8.18. The molecule has 0 radical (unpaired) electrons. The minimum atomic E-state index is -0.226. The van der Waals surface area contributed by atoms with Gasteiger partial charge in [0.1, 0.15) is 12.4 Å². The van der Waals surface area contributed by atoms with E-state index in [0.29, 0.717) is 36.1 Å². The number of nitrogens with zero attached hydrogens (tertiary/aromatic N) is 2. The number of carbonyl (C=O) groups is 2. The van der Waals surface area contributed by atoms with E-state index in [1.165, 1.54) is 10.5 Å². The van der Waals surface area contributed by atoms with E-state index in [9.17, 15) is 9.59 Å². The molecule has 2 aliphatic rings. The summed E-state index contributed by atoms with van der Waals surface area (Å²) in [6, 6.07) is 23.7. The standard InChI is InChI=1S/C30H26N2O5S/c33-29-28(38-30(34)32(29)14-6-9-21-7-2-1-3-8-21)17-22-19-31(25-11-5-4-10-24(22)25)15-16-35-23-12-13-26-27(18-23)37-20-36-26/h1-5,7-8,10-13,17-19H,6,9,14-16,20H2/b28-17-. The molecule has 2 amide bonds. The Labute approximate surface area is 224 Å². The van der Waals surface area contributed by atoms with Crippen LogP contribution in [-0.4, -0.2) is 40.6 Å². The number of thioether (sulfide) groups is 1. The van der Waals surface area contributed by atoms with Gasteiger partial charge in [0.2, 0.25) is 6.79 Å². The molecule has 38 heavy (non-hydrogen) atoms. The highest BCUT2D eigenvalue weighted by Gasteiger charge is 2.34. The van der Waals surface area contributed by atoms with Gasteiger partial charge in [-0.2, -0.15) is 0 Å². The Morgan fingerprint density at radius 2 is 1.74 bits per heavy atom. The van der Waals surface area contributed by atoms with Crippen LogP contribution in [0, 0.1) is 0 Å². The lowest BCUT2D eigenvalue weighted by atomic mass is 10.1. The quantitative estimate of drug-likeness (QED) is 0.245.